The van der Waals surface area contributed by atoms with E-state index in [1.807, 2.05) is 36.4 Å². The van der Waals surface area contributed by atoms with Gasteiger partial charge >= 0.3 is 6.09 Å². The van der Waals surface area contributed by atoms with E-state index in [1.165, 1.54) is 4.90 Å². The van der Waals surface area contributed by atoms with Gasteiger partial charge in [-0.3, -0.25) is 0 Å². The molecule has 0 atom stereocenters. The molecule has 1 aliphatic rings. The van der Waals surface area contributed by atoms with Crippen molar-refractivity contribution in [2.75, 3.05) is 13.1 Å². The number of hydrogen-bond donors (Lipinski definition) is 1. The van der Waals surface area contributed by atoms with E-state index >= 15 is 0 Å². The number of carbonyl (C=O) groups is 1. The normalized spacial score (nSPS) is 15.3. The van der Waals surface area contributed by atoms with E-state index < -0.39 is 6.09 Å². The molecule has 1 saturated heterocycles. The van der Waals surface area contributed by atoms with E-state index in [1.54, 1.807) is 6.33 Å². The molecule has 0 spiro atoms. The molecule has 0 bridgehead atoms. The van der Waals surface area contributed by atoms with Crippen molar-refractivity contribution >= 4 is 40.2 Å². The van der Waals surface area contributed by atoms with E-state index in [0.717, 1.165) is 40.6 Å². The molecule has 27 heavy (non-hydrogen) atoms. The Morgan fingerprint density at radius 2 is 1.78 bits per heavy atom. The number of fused-ring (bicyclic) bond motifs is 1. The van der Waals surface area contributed by atoms with E-state index in [2.05, 4.69) is 9.97 Å². The number of benzene rings is 2. The summed E-state index contributed by atoms with van der Waals surface area (Å²) in [5.41, 5.74) is 3.42. The van der Waals surface area contributed by atoms with Crippen LogP contribution in [0.2, 0.25) is 10.0 Å². The fourth-order valence-electron chi connectivity index (χ4n) is 3.65. The van der Waals surface area contributed by atoms with Gasteiger partial charge in [0.05, 0.1) is 16.2 Å². The molecule has 5 nitrogen and oxygen atoms in total. The second-order valence-electron chi connectivity index (χ2n) is 6.63. The zero-order chi connectivity index (χ0) is 19.0. The SMILES string of the molecule is O=C(O)N1CCC(c2ncnc3cc(Cl)c(-c4ccccc4Cl)cc23)CC1. The van der Waals surface area contributed by atoms with Gasteiger partial charge in [-0.25, -0.2) is 14.8 Å². The van der Waals surface area contributed by atoms with Gasteiger partial charge in [-0.1, -0.05) is 41.4 Å². The number of amides is 1. The third kappa shape index (κ3) is 3.45. The number of piperidine rings is 1. The zero-order valence-electron chi connectivity index (χ0n) is 14.4. The van der Waals surface area contributed by atoms with E-state index in [0.29, 0.717) is 23.1 Å². The van der Waals surface area contributed by atoms with Crippen molar-refractivity contribution in [3.63, 3.8) is 0 Å². The van der Waals surface area contributed by atoms with Gasteiger partial charge in [-0.15, -0.1) is 0 Å². The van der Waals surface area contributed by atoms with Gasteiger partial charge in [0.15, 0.2) is 0 Å². The van der Waals surface area contributed by atoms with Gasteiger partial charge in [0.2, 0.25) is 0 Å². The molecule has 1 fully saturated rings. The maximum Gasteiger partial charge on any atom is 0.407 e. The smallest absolute Gasteiger partial charge is 0.407 e. The molecule has 0 aliphatic carbocycles. The summed E-state index contributed by atoms with van der Waals surface area (Å²) in [5, 5.41) is 11.3. The molecule has 138 valence electrons. The summed E-state index contributed by atoms with van der Waals surface area (Å²) < 4.78 is 0. The Kier molecular flexibility index (Phi) is 4.89. The standard InChI is InChI=1S/C20H17Cl2N3O2/c21-16-4-2-1-3-13(16)14-9-15-18(10-17(14)22)23-11-24-19(15)12-5-7-25(8-6-12)20(26)27/h1-4,9-12H,5-8H2,(H,26,27). The first-order chi connectivity index (χ1) is 13.0. The average Bonchev–Trinajstić information content (AvgIpc) is 2.67. The summed E-state index contributed by atoms with van der Waals surface area (Å²) in [5.74, 6) is 0.186. The van der Waals surface area contributed by atoms with Crippen molar-refractivity contribution in [2.24, 2.45) is 0 Å². The predicted octanol–water partition coefficient (Wildman–Crippen LogP) is 5.46. The number of rotatable bonds is 2. The second-order valence-corrected chi connectivity index (χ2v) is 7.45. The summed E-state index contributed by atoms with van der Waals surface area (Å²) >= 11 is 12.9. The van der Waals surface area contributed by atoms with Gasteiger partial charge in [-0.2, -0.15) is 0 Å². The minimum absolute atomic E-state index is 0.186. The van der Waals surface area contributed by atoms with Crippen molar-refractivity contribution < 1.29 is 9.90 Å². The second kappa shape index (κ2) is 7.33. The van der Waals surface area contributed by atoms with Crippen LogP contribution in [0.1, 0.15) is 24.5 Å². The third-order valence-corrected chi connectivity index (χ3v) is 5.71. The number of halogens is 2. The van der Waals surface area contributed by atoms with Crippen LogP contribution in [0.5, 0.6) is 0 Å². The van der Waals surface area contributed by atoms with Crippen LogP contribution in [-0.2, 0) is 0 Å². The van der Waals surface area contributed by atoms with Crippen molar-refractivity contribution in [1.82, 2.24) is 14.9 Å². The first-order valence-corrected chi connectivity index (χ1v) is 9.47. The molecule has 0 saturated carbocycles. The number of carboxylic acid groups (broad SMARTS) is 1. The van der Waals surface area contributed by atoms with Gasteiger partial charge in [-0.05, 0) is 31.0 Å². The maximum atomic E-state index is 11.2. The molecule has 3 aromatic rings. The molecular weight excluding hydrogens is 385 g/mol. The summed E-state index contributed by atoms with van der Waals surface area (Å²) in [6.07, 6.45) is 2.16. The molecule has 4 rings (SSSR count). The highest BCUT2D eigenvalue weighted by atomic mass is 35.5. The fraction of sp³-hybridized carbons (Fsp3) is 0.250. The molecule has 1 N–H and O–H groups in total. The number of aromatic nitrogens is 2. The van der Waals surface area contributed by atoms with E-state index in [-0.39, 0.29) is 5.92 Å². The molecule has 0 unspecified atom stereocenters. The first kappa shape index (κ1) is 18.0. The largest absolute Gasteiger partial charge is 0.465 e. The minimum Gasteiger partial charge on any atom is -0.465 e. The van der Waals surface area contributed by atoms with Gasteiger partial charge in [0.1, 0.15) is 6.33 Å². The van der Waals surface area contributed by atoms with Crippen LogP contribution in [0, 0.1) is 0 Å². The Morgan fingerprint density at radius 3 is 2.48 bits per heavy atom. The Morgan fingerprint density at radius 1 is 1.04 bits per heavy atom. The van der Waals surface area contributed by atoms with E-state index in [9.17, 15) is 4.79 Å². The van der Waals surface area contributed by atoms with Crippen LogP contribution in [0.4, 0.5) is 4.79 Å². The summed E-state index contributed by atoms with van der Waals surface area (Å²) in [6.45, 7) is 1.02. The lowest BCUT2D eigenvalue weighted by Crippen LogP contribution is -2.37. The number of likely N-dealkylation sites (tertiary alicyclic amines) is 1. The lowest BCUT2D eigenvalue weighted by Gasteiger charge is -2.30. The first-order valence-electron chi connectivity index (χ1n) is 8.71. The predicted molar refractivity (Wildman–Crippen MR) is 107 cm³/mol. The van der Waals surface area contributed by atoms with E-state index in [4.69, 9.17) is 28.3 Å². The van der Waals surface area contributed by atoms with Crippen LogP contribution < -0.4 is 0 Å². The van der Waals surface area contributed by atoms with Crippen LogP contribution in [0.15, 0.2) is 42.7 Å². The zero-order valence-corrected chi connectivity index (χ0v) is 15.9. The quantitative estimate of drug-likeness (QED) is 0.618. The highest BCUT2D eigenvalue weighted by molar-refractivity contribution is 6.37. The summed E-state index contributed by atoms with van der Waals surface area (Å²) in [4.78, 5) is 21.5. The van der Waals surface area contributed by atoms with Crippen LogP contribution >= 0.6 is 23.2 Å². The van der Waals surface area contributed by atoms with Gasteiger partial charge in [0.25, 0.3) is 0 Å². The Bertz CT molecular complexity index is 1020. The lowest BCUT2D eigenvalue weighted by molar-refractivity contribution is 0.132. The monoisotopic (exact) mass is 401 g/mol. The van der Waals surface area contributed by atoms with Gasteiger partial charge in [0, 0.05) is 40.5 Å². The number of nitrogens with zero attached hydrogens (tertiary/aromatic N) is 3. The Balaban J connectivity index is 1.78. The molecule has 1 aromatic heterocycles. The molecule has 7 heteroatoms. The maximum absolute atomic E-state index is 11.2. The Labute approximate surface area is 166 Å². The molecule has 2 aromatic carbocycles. The van der Waals surface area contributed by atoms with Crippen molar-refractivity contribution in [1.29, 1.82) is 0 Å². The topological polar surface area (TPSA) is 66.3 Å². The van der Waals surface area contributed by atoms with Crippen molar-refractivity contribution in [3.8, 4) is 11.1 Å². The van der Waals surface area contributed by atoms with Crippen molar-refractivity contribution in [3.05, 3.63) is 58.5 Å². The summed E-state index contributed by atoms with van der Waals surface area (Å²) in [7, 11) is 0. The van der Waals surface area contributed by atoms with Crippen molar-refractivity contribution in [2.45, 2.75) is 18.8 Å². The van der Waals surface area contributed by atoms with Crippen LogP contribution in [0.3, 0.4) is 0 Å². The number of hydrogen-bond acceptors (Lipinski definition) is 3. The Hall–Kier alpha value is -2.37. The summed E-state index contributed by atoms with van der Waals surface area (Å²) in [6, 6.07) is 11.4. The highest BCUT2D eigenvalue weighted by Gasteiger charge is 2.26. The highest BCUT2D eigenvalue weighted by Crippen LogP contribution is 2.38. The molecule has 0 radical (unpaired) electrons. The molecule has 1 amide bonds. The van der Waals surface area contributed by atoms with Gasteiger partial charge < -0.3 is 10.0 Å². The van der Waals surface area contributed by atoms with Crippen LogP contribution in [0.25, 0.3) is 22.0 Å². The fourth-order valence-corrected chi connectivity index (χ4v) is 4.15. The molecule has 2 heterocycles. The minimum atomic E-state index is -0.867. The lowest BCUT2D eigenvalue weighted by atomic mass is 9.90. The molecule has 1 aliphatic heterocycles. The third-order valence-electron chi connectivity index (χ3n) is 5.07. The molecular formula is C20H17Cl2N3O2. The van der Waals surface area contributed by atoms with Crippen LogP contribution in [-0.4, -0.2) is 39.2 Å². The average molecular weight is 402 g/mol.